The van der Waals surface area contributed by atoms with Crippen LogP contribution in [0.5, 0.6) is 0 Å². The molecule has 0 heterocycles. The number of hydrogen-bond acceptors (Lipinski definition) is 2. The molecule has 0 radical (unpaired) electrons. The van der Waals surface area contributed by atoms with Crippen LogP contribution in [0.25, 0.3) is 0 Å². The van der Waals surface area contributed by atoms with Gasteiger partial charge in [0.25, 0.3) is 0 Å². The van der Waals surface area contributed by atoms with Gasteiger partial charge in [-0.3, -0.25) is 4.79 Å². The molecular weight excluding hydrogens is 176 g/mol. The van der Waals surface area contributed by atoms with Gasteiger partial charge in [0.15, 0.2) is 0 Å². The van der Waals surface area contributed by atoms with Crippen molar-refractivity contribution < 1.29 is 4.79 Å². The highest BCUT2D eigenvalue weighted by atomic mass is 16.2. The van der Waals surface area contributed by atoms with E-state index in [0.717, 1.165) is 12.0 Å². The fourth-order valence-corrected chi connectivity index (χ4v) is 1.75. The van der Waals surface area contributed by atoms with Crippen molar-refractivity contribution in [3.63, 3.8) is 0 Å². The summed E-state index contributed by atoms with van der Waals surface area (Å²) in [5, 5.41) is 8.97. The molecule has 0 saturated heterocycles. The molecule has 1 aliphatic rings. The van der Waals surface area contributed by atoms with E-state index in [9.17, 15) is 4.79 Å². The van der Waals surface area contributed by atoms with Gasteiger partial charge in [-0.15, -0.1) is 0 Å². The number of carbonyl (C=O) groups excluding carboxylic acids is 1. The van der Waals surface area contributed by atoms with Crippen molar-refractivity contribution in [2.45, 2.75) is 26.2 Å². The summed E-state index contributed by atoms with van der Waals surface area (Å²) in [5.41, 5.74) is 0.220. The van der Waals surface area contributed by atoms with E-state index in [4.69, 9.17) is 5.26 Å². The molecule has 0 unspecified atom stereocenters. The third-order valence-corrected chi connectivity index (χ3v) is 2.68. The van der Waals surface area contributed by atoms with Gasteiger partial charge < -0.3 is 4.90 Å². The Morgan fingerprint density at radius 1 is 1.64 bits per heavy atom. The maximum atomic E-state index is 11.9. The Hall–Kier alpha value is -1.30. The number of amides is 1. The minimum Gasteiger partial charge on any atom is -0.340 e. The van der Waals surface area contributed by atoms with Crippen molar-refractivity contribution in [3.05, 3.63) is 12.2 Å². The number of nitrogens with zero attached hydrogens (tertiary/aromatic N) is 2. The number of nitriles is 1. The van der Waals surface area contributed by atoms with Crippen molar-refractivity contribution in [1.29, 1.82) is 5.26 Å². The van der Waals surface area contributed by atoms with Crippen molar-refractivity contribution in [2.24, 2.45) is 5.41 Å². The van der Waals surface area contributed by atoms with Crippen LogP contribution in [0.1, 0.15) is 26.2 Å². The normalized spacial score (nSPS) is 17.8. The van der Waals surface area contributed by atoms with Crippen LogP contribution in [0, 0.1) is 16.7 Å². The molecule has 1 fully saturated rings. The third-order valence-electron chi connectivity index (χ3n) is 2.68. The third kappa shape index (κ3) is 1.79. The van der Waals surface area contributed by atoms with Gasteiger partial charge in [-0.05, 0) is 26.2 Å². The zero-order chi connectivity index (χ0) is 10.8. The van der Waals surface area contributed by atoms with Crippen LogP contribution < -0.4 is 0 Å². The van der Waals surface area contributed by atoms with Gasteiger partial charge in [0, 0.05) is 13.6 Å². The second-order valence-corrected chi connectivity index (χ2v) is 4.17. The lowest BCUT2D eigenvalue weighted by atomic mass is 9.69. The van der Waals surface area contributed by atoms with Gasteiger partial charge in [-0.2, -0.15) is 5.26 Å². The number of carbonyl (C=O) groups is 1. The van der Waals surface area contributed by atoms with E-state index in [0.29, 0.717) is 19.4 Å². The van der Waals surface area contributed by atoms with E-state index in [1.165, 1.54) is 0 Å². The van der Waals surface area contributed by atoms with Gasteiger partial charge in [0.2, 0.25) is 5.91 Å². The first-order valence-electron chi connectivity index (χ1n) is 4.83. The fourth-order valence-electron chi connectivity index (χ4n) is 1.75. The van der Waals surface area contributed by atoms with E-state index in [2.05, 4.69) is 12.6 Å². The molecule has 3 heteroatoms. The Labute approximate surface area is 85.0 Å². The minimum absolute atomic E-state index is 0.0470. The number of rotatable bonds is 3. The Morgan fingerprint density at radius 3 is 2.50 bits per heavy atom. The first-order valence-corrected chi connectivity index (χ1v) is 4.83. The molecule has 0 aliphatic heterocycles. The summed E-state index contributed by atoms with van der Waals surface area (Å²) in [6.07, 6.45) is 2.41. The first-order chi connectivity index (χ1) is 6.52. The van der Waals surface area contributed by atoms with Crippen LogP contribution in [0.3, 0.4) is 0 Å². The molecule has 0 atom stereocenters. The Kier molecular flexibility index (Phi) is 2.95. The largest absolute Gasteiger partial charge is 0.340 e. The molecule has 0 spiro atoms. The summed E-state index contributed by atoms with van der Waals surface area (Å²) < 4.78 is 0. The van der Waals surface area contributed by atoms with E-state index in [1.807, 2.05) is 6.92 Å². The SMILES string of the molecule is C=C(C)CN(C)C(=O)C1(C#N)CCC1. The lowest BCUT2D eigenvalue weighted by Crippen LogP contribution is -2.45. The molecule has 0 bridgehead atoms. The van der Waals surface area contributed by atoms with E-state index < -0.39 is 5.41 Å². The molecule has 1 rings (SSSR count). The first kappa shape index (κ1) is 10.8. The quantitative estimate of drug-likeness (QED) is 0.639. The molecule has 0 N–H and O–H groups in total. The van der Waals surface area contributed by atoms with E-state index in [-0.39, 0.29) is 5.91 Å². The highest BCUT2D eigenvalue weighted by Gasteiger charge is 2.45. The van der Waals surface area contributed by atoms with E-state index >= 15 is 0 Å². The van der Waals surface area contributed by atoms with Gasteiger partial charge in [0.1, 0.15) is 5.41 Å². The molecule has 14 heavy (non-hydrogen) atoms. The topological polar surface area (TPSA) is 44.1 Å². The molecular formula is C11H16N2O. The smallest absolute Gasteiger partial charge is 0.243 e. The average Bonchev–Trinajstić information content (AvgIpc) is 2.01. The average molecular weight is 192 g/mol. The maximum Gasteiger partial charge on any atom is 0.243 e. The summed E-state index contributed by atoms with van der Waals surface area (Å²) >= 11 is 0. The van der Waals surface area contributed by atoms with Crippen molar-refractivity contribution >= 4 is 5.91 Å². The van der Waals surface area contributed by atoms with Gasteiger partial charge in [0.05, 0.1) is 6.07 Å². The van der Waals surface area contributed by atoms with Crippen LogP contribution in [0.2, 0.25) is 0 Å². The Morgan fingerprint density at radius 2 is 2.21 bits per heavy atom. The van der Waals surface area contributed by atoms with Crippen LogP contribution in [-0.4, -0.2) is 24.4 Å². The Balaban J connectivity index is 2.65. The van der Waals surface area contributed by atoms with Gasteiger partial charge in [-0.1, -0.05) is 12.2 Å². The van der Waals surface area contributed by atoms with Gasteiger partial charge >= 0.3 is 0 Å². The van der Waals surface area contributed by atoms with Crippen LogP contribution >= 0.6 is 0 Å². The summed E-state index contributed by atoms with van der Waals surface area (Å²) in [4.78, 5) is 13.5. The van der Waals surface area contributed by atoms with Crippen molar-refractivity contribution in [2.75, 3.05) is 13.6 Å². The summed E-state index contributed by atoms with van der Waals surface area (Å²) in [6.45, 7) is 6.17. The van der Waals surface area contributed by atoms with Crippen molar-refractivity contribution in [3.8, 4) is 6.07 Å². The standard InChI is InChI=1S/C11H16N2O/c1-9(2)7-13(3)10(14)11(8-12)5-4-6-11/h1,4-7H2,2-3H3. The number of likely N-dealkylation sites (N-methyl/N-ethyl adjacent to an activating group) is 1. The van der Waals surface area contributed by atoms with Crippen molar-refractivity contribution in [1.82, 2.24) is 4.90 Å². The molecule has 0 aromatic heterocycles. The predicted molar refractivity (Wildman–Crippen MR) is 54.3 cm³/mol. The van der Waals surface area contributed by atoms with Gasteiger partial charge in [-0.25, -0.2) is 0 Å². The molecule has 1 saturated carbocycles. The molecule has 3 nitrogen and oxygen atoms in total. The maximum absolute atomic E-state index is 11.9. The Bertz CT molecular complexity index is 297. The van der Waals surface area contributed by atoms with Crippen LogP contribution in [0.4, 0.5) is 0 Å². The molecule has 1 amide bonds. The molecule has 1 aliphatic carbocycles. The second-order valence-electron chi connectivity index (χ2n) is 4.17. The lowest BCUT2D eigenvalue weighted by molar-refractivity contribution is -0.141. The molecule has 0 aromatic carbocycles. The summed E-state index contributed by atoms with van der Waals surface area (Å²) in [6, 6.07) is 2.15. The molecule has 76 valence electrons. The number of hydrogen-bond donors (Lipinski definition) is 0. The minimum atomic E-state index is -0.718. The zero-order valence-electron chi connectivity index (χ0n) is 8.84. The van der Waals surface area contributed by atoms with Crippen LogP contribution in [-0.2, 0) is 4.79 Å². The molecule has 0 aromatic rings. The lowest BCUT2D eigenvalue weighted by Gasteiger charge is -2.36. The summed E-state index contributed by atoms with van der Waals surface area (Å²) in [7, 11) is 1.73. The highest BCUT2D eigenvalue weighted by molar-refractivity contribution is 5.86. The summed E-state index contributed by atoms with van der Waals surface area (Å²) in [5.74, 6) is -0.0470. The fraction of sp³-hybridized carbons (Fsp3) is 0.636. The predicted octanol–water partition coefficient (Wildman–Crippen LogP) is 1.71. The van der Waals surface area contributed by atoms with E-state index in [1.54, 1.807) is 11.9 Å². The zero-order valence-corrected chi connectivity index (χ0v) is 8.84. The second kappa shape index (κ2) is 3.83. The van der Waals surface area contributed by atoms with Crippen LogP contribution in [0.15, 0.2) is 12.2 Å². The monoisotopic (exact) mass is 192 g/mol. The highest BCUT2D eigenvalue weighted by Crippen LogP contribution is 2.41.